The zero-order valence-corrected chi connectivity index (χ0v) is 19.0. The van der Waals surface area contributed by atoms with Crippen molar-refractivity contribution in [3.05, 3.63) is 47.5 Å². The first-order valence-corrected chi connectivity index (χ1v) is 11.5. The summed E-state index contributed by atoms with van der Waals surface area (Å²) in [5, 5.41) is 2.76. The van der Waals surface area contributed by atoms with E-state index in [2.05, 4.69) is 5.32 Å². The second kappa shape index (κ2) is 9.25. The molecule has 1 saturated heterocycles. The minimum atomic E-state index is -3.77. The van der Waals surface area contributed by atoms with Gasteiger partial charge in [-0.25, -0.2) is 12.7 Å². The standard InChI is InChI=1S/C21H24ClN3O5S/c1-4-30-18-8-6-5-7-17(18)25-13-14(11-20(25)26)21(27)23-15-9-10-16(22)19(12-15)31(28,29)24(2)3/h5-10,12,14H,4,11,13H2,1-3H3,(H,23,27)/t14-/m0/s1. The molecule has 2 amide bonds. The van der Waals surface area contributed by atoms with Gasteiger partial charge in [0.15, 0.2) is 0 Å². The molecular formula is C21H24ClN3O5S. The van der Waals surface area contributed by atoms with E-state index in [-0.39, 0.29) is 40.4 Å². The first kappa shape index (κ1) is 23.1. The molecule has 3 rings (SSSR count). The summed E-state index contributed by atoms with van der Waals surface area (Å²) in [4.78, 5) is 26.8. The van der Waals surface area contributed by atoms with Crippen molar-refractivity contribution in [1.29, 1.82) is 0 Å². The monoisotopic (exact) mass is 465 g/mol. The maximum Gasteiger partial charge on any atom is 0.244 e. The molecule has 0 radical (unpaired) electrons. The topological polar surface area (TPSA) is 96.0 Å². The van der Waals surface area contributed by atoms with Crippen LogP contribution in [0.2, 0.25) is 5.02 Å². The van der Waals surface area contributed by atoms with Gasteiger partial charge < -0.3 is 15.0 Å². The fraction of sp³-hybridized carbons (Fsp3) is 0.333. The average molecular weight is 466 g/mol. The minimum absolute atomic E-state index is 0.0444. The van der Waals surface area contributed by atoms with Crippen LogP contribution in [0.5, 0.6) is 5.75 Å². The Morgan fingerprint density at radius 2 is 1.97 bits per heavy atom. The van der Waals surface area contributed by atoms with E-state index in [1.54, 1.807) is 23.1 Å². The lowest BCUT2D eigenvalue weighted by atomic mass is 10.1. The average Bonchev–Trinajstić information content (AvgIpc) is 3.11. The van der Waals surface area contributed by atoms with E-state index in [1.165, 1.54) is 32.3 Å². The summed E-state index contributed by atoms with van der Waals surface area (Å²) in [7, 11) is -0.978. The van der Waals surface area contributed by atoms with Crippen LogP contribution in [-0.4, -0.2) is 51.8 Å². The van der Waals surface area contributed by atoms with Crippen molar-refractivity contribution in [3.8, 4) is 5.75 Å². The van der Waals surface area contributed by atoms with Crippen molar-refractivity contribution in [2.75, 3.05) is 37.5 Å². The summed E-state index contributed by atoms with van der Waals surface area (Å²) in [5.41, 5.74) is 0.908. The number of anilines is 2. The summed E-state index contributed by atoms with van der Waals surface area (Å²) in [6, 6.07) is 11.4. The zero-order valence-electron chi connectivity index (χ0n) is 17.5. The third-order valence-electron chi connectivity index (χ3n) is 4.91. The highest BCUT2D eigenvalue weighted by Gasteiger charge is 2.36. The first-order chi connectivity index (χ1) is 14.6. The molecule has 1 atom stereocenters. The molecule has 166 valence electrons. The molecule has 2 aromatic rings. The number of benzene rings is 2. The minimum Gasteiger partial charge on any atom is -0.492 e. The highest BCUT2D eigenvalue weighted by atomic mass is 35.5. The first-order valence-electron chi connectivity index (χ1n) is 9.70. The van der Waals surface area contributed by atoms with E-state index >= 15 is 0 Å². The van der Waals surface area contributed by atoms with Gasteiger partial charge in [-0.3, -0.25) is 9.59 Å². The molecule has 1 heterocycles. The van der Waals surface area contributed by atoms with Gasteiger partial charge in [-0.1, -0.05) is 23.7 Å². The Morgan fingerprint density at radius 1 is 1.26 bits per heavy atom. The van der Waals surface area contributed by atoms with E-state index in [9.17, 15) is 18.0 Å². The summed E-state index contributed by atoms with van der Waals surface area (Å²) >= 11 is 6.05. The van der Waals surface area contributed by atoms with Crippen molar-refractivity contribution in [2.24, 2.45) is 5.92 Å². The van der Waals surface area contributed by atoms with Crippen LogP contribution in [0.1, 0.15) is 13.3 Å². The molecule has 0 aromatic heterocycles. The van der Waals surface area contributed by atoms with Crippen LogP contribution < -0.4 is 15.0 Å². The van der Waals surface area contributed by atoms with Gasteiger partial charge in [0.25, 0.3) is 0 Å². The molecule has 1 fully saturated rings. The third kappa shape index (κ3) is 4.84. The number of amides is 2. The van der Waals surface area contributed by atoms with E-state index in [0.717, 1.165) is 4.31 Å². The number of carbonyl (C=O) groups excluding carboxylic acids is 2. The lowest BCUT2D eigenvalue weighted by molar-refractivity contribution is -0.122. The summed E-state index contributed by atoms with van der Waals surface area (Å²) in [6.45, 7) is 2.51. The molecule has 8 nitrogen and oxygen atoms in total. The Kier molecular flexibility index (Phi) is 6.88. The number of hydrogen-bond acceptors (Lipinski definition) is 5. The normalized spacial score (nSPS) is 16.6. The van der Waals surface area contributed by atoms with Crippen LogP contribution in [0.25, 0.3) is 0 Å². The number of hydrogen-bond donors (Lipinski definition) is 1. The zero-order chi connectivity index (χ0) is 22.8. The third-order valence-corrected chi connectivity index (χ3v) is 7.21. The molecule has 1 aliphatic heterocycles. The summed E-state index contributed by atoms with van der Waals surface area (Å²) in [5.74, 6) is -0.568. The molecular weight excluding hydrogens is 442 g/mol. The van der Waals surface area contributed by atoms with Crippen molar-refractivity contribution in [1.82, 2.24) is 4.31 Å². The van der Waals surface area contributed by atoms with Crippen molar-refractivity contribution < 1.29 is 22.7 Å². The molecule has 0 bridgehead atoms. The largest absolute Gasteiger partial charge is 0.492 e. The van der Waals surface area contributed by atoms with Gasteiger partial charge in [0.05, 0.1) is 23.2 Å². The smallest absolute Gasteiger partial charge is 0.244 e. The van der Waals surface area contributed by atoms with Gasteiger partial charge >= 0.3 is 0 Å². The van der Waals surface area contributed by atoms with Crippen molar-refractivity contribution in [3.63, 3.8) is 0 Å². The second-order valence-electron chi connectivity index (χ2n) is 7.23. The molecule has 0 saturated carbocycles. The molecule has 0 aliphatic carbocycles. The van der Waals surface area contributed by atoms with E-state index in [0.29, 0.717) is 18.0 Å². The highest BCUT2D eigenvalue weighted by Crippen LogP contribution is 2.34. The van der Waals surface area contributed by atoms with Crippen LogP contribution in [0, 0.1) is 5.92 Å². The van der Waals surface area contributed by atoms with Crippen LogP contribution in [0.4, 0.5) is 11.4 Å². The number of halogens is 1. The molecule has 31 heavy (non-hydrogen) atoms. The van der Waals surface area contributed by atoms with Gasteiger partial charge in [-0.05, 0) is 37.3 Å². The number of carbonyl (C=O) groups is 2. The molecule has 0 spiro atoms. The number of para-hydroxylation sites is 2. The van der Waals surface area contributed by atoms with E-state index in [4.69, 9.17) is 16.3 Å². The van der Waals surface area contributed by atoms with Crippen LogP contribution >= 0.6 is 11.6 Å². The SMILES string of the molecule is CCOc1ccccc1N1C[C@@H](C(=O)Nc2ccc(Cl)c(S(=O)(=O)N(C)C)c2)CC1=O. The van der Waals surface area contributed by atoms with Gasteiger partial charge in [-0.2, -0.15) is 0 Å². The van der Waals surface area contributed by atoms with Gasteiger partial charge in [0, 0.05) is 32.7 Å². The second-order valence-corrected chi connectivity index (χ2v) is 9.76. The molecule has 2 aromatic carbocycles. The Morgan fingerprint density at radius 3 is 2.65 bits per heavy atom. The number of ether oxygens (including phenoxy) is 1. The summed E-state index contributed by atoms with van der Waals surface area (Å²) in [6.07, 6.45) is 0.0444. The lowest BCUT2D eigenvalue weighted by Crippen LogP contribution is -2.28. The molecule has 1 aliphatic rings. The fourth-order valence-electron chi connectivity index (χ4n) is 3.29. The summed E-state index contributed by atoms with van der Waals surface area (Å²) < 4.78 is 31.5. The van der Waals surface area contributed by atoms with Crippen LogP contribution in [0.3, 0.4) is 0 Å². The molecule has 1 N–H and O–H groups in total. The maximum atomic E-state index is 12.8. The molecule has 10 heteroatoms. The Hall–Kier alpha value is -2.62. The van der Waals surface area contributed by atoms with Gasteiger partial charge in [-0.15, -0.1) is 0 Å². The predicted octanol–water partition coefficient (Wildman–Crippen LogP) is 2.98. The van der Waals surface area contributed by atoms with Crippen LogP contribution in [0.15, 0.2) is 47.4 Å². The number of nitrogens with zero attached hydrogens (tertiary/aromatic N) is 2. The number of rotatable bonds is 7. The maximum absolute atomic E-state index is 12.8. The molecule has 0 unspecified atom stereocenters. The Bertz CT molecular complexity index is 1100. The van der Waals surface area contributed by atoms with Gasteiger partial charge in [0.1, 0.15) is 10.6 Å². The van der Waals surface area contributed by atoms with Crippen LogP contribution in [-0.2, 0) is 19.6 Å². The predicted molar refractivity (Wildman–Crippen MR) is 119 cm³/mol. The van der Waals surface area contributed by atoms with E-state index in [1.807, 2.05) is 13.0 Å². The van der Waals surface area contributed by atoms with E-state index < -0.39 is 15.9 Å². The Labute approximate surface area is 186 Å². The lowest BCUT2D eigenvalue weighted by Gasteiger charge is -2.20. The quantitative estimate of drug-likeness (QED) is 0.678. The number of nitrogens with one attached hydrogen (secondary N) is 1. The van der Waals surface area contributed by atoms with Crippen molar-refractivity contribution in [2.45, 2.75) is 18.2 Å². The fourth-order valence-corrected chi connectivity index (χ4v) is 4.69. The highest BCUT2D eigenvalue weighted by molar-refractivity contribution is 7.89. The number of sulfonamides is 1. The van der Waals surface area contributed by atoms with Gasteiger partial charge in [0.2, 0.25) is 21.8 Å². The Balaban J connectivity index is 1.78. The van der Waals surface area contributed by atoms with Crippen molar-refractivity contribution >= 4 is 44.8 Å².